The van der Waals surface area contributed by atoms with Crippen LogP contribution in [0, 0.1) is 35.5 Å². The van der Waals surface area contributed by atoms with E-state index in [4.69, 9.17) is 5.11 Å². The first-order valence-electron chi connectivity index (χ1n) is 8.79. The quantitative estimate of drug-likeness (QED) is 0.615. The molecule has 1 N–H and O–H groups in total. The molecule has 0 aromatic heterocycles. The maximum Gasteiger partial charge on any atom is 0.0319 e. The molecular formula is C19H34O. The molecule has 0 aromatic carbocycles. The summed E-state index contributed by atoms with van der Waals surface area (Å²) < 4.78 is 0. The number of fused-ring (bicyclic) bond motifs is 3. The average molecular weight is 278 g/mol. The van der Waals surface area contributed by atoms with Crippen LogP contribution >= 0.6 is 0 Å². The molecule has 116 valence electrons. The minimum Gasteiger partial charge on any atom is -0.400 e. The molecule has 6 atom stereocenters. The lowest BCUT2D eigenvalue weighted by molar-refractivity contribution is 0.0207. The summed E-state index contributed by atoms with van der Waals surface area (Å²) in [6.07, 6.45) is 11.8. The molecule has 0 bridgehead atoms. The van der Waals surface area contributed by atoms with E-state index < -0.39 is 0 Å². The summed E-state index contributed by atoms with van der Waals surface area (Å²) in [4.78, 5) is 0. The summed E-state index contributed by atoms with van der Waals surface area (Å²) in [6, 6.07) is 0. The van der Waals surface area contributed by atoms with Gasteiger partial charge >= 0.3 is 0 Å². The molecule has 0 saturated heterocycles. The highest BCUT2D eigenvalue weighted by molar-refractivity contribution is 5.06. The van der Waals surface area contributed by atoms with Crippen LogP contribution in [-0.2, 0) is 0 Å². The molecule has 20 heavy (non-hydrogen) atoms. The second kappa shape index (κ2) is 7.11. The molecule has 5 unspecified atom stereocenters. The molecule has 0 aliphatic heterocycles. The molecule has 0 spiro atoms. The highest BCUT2D eigenvalue weighted by Crippen LogP contribution is 2.53. The van der Waals surface area contributed by atoms with E-state index in [1.54, 1.807) is 5.57 Å². The molecule has 0 heterocycles. The van der Waals surface area contributed by atoms with Crippen LogP contribution in [0.2, 0.25) is 0 Å². The first-order valence-corrected chi connectivity index (χ1v) is 8.79. The first kappa shape index (κ1) is 16.1. The van der Waals surface area contributed by atoms with Crippen molar-refractivity contribution in [2.24, 2.45) is 35.5 Å². The van der Waals surface area contributed by atoms with E-state index in [1.807, 2.05) is 0 Å². The van der Waals surface area contributed by atoms with Crippen LogP contribution < -0.4 is 0 Å². The van der Waals surface area contributed by atoms with Crippen LogP contribution in [0.3, 0.4) is 0 Å². The van der Waals surface area contributed by atoms with Crippen LogP contribution in [0.15, 0.2) is 12.2 Å². The zero-order valence-electron chi connectivity index (χ0n) is 13.8. The Kier molecular flexibility index (Phi) is 5.72. The van der Waals surface area contributed by atoms with Gasteiger partial charge in [-0.15, -0.1) is 0 Å². The predicted octanol–water partition coefficient (Wildman–Crippen LogP) is 5.05. The van der Waals surface area contributed by atoms with Gasteiger partial charge in [-0.25, -0.2) is 0 Å². The topological polar surface area (TPSA) is 20.2 Å². The fourth-order valence-corrected chi connectivity index (χ4v) is 5.41. The molecule has 1 heteroatoms. The van der Waals surface area contributed by atoms with Crippen LogP contribution in [0.1, 0.15) is 65.2 Å². The van der Waals surface area contributed by atoms with Gasteiger partial charge in [0.15, 0.2) is 0 Å². The third kappa shape index (κ3) is 3.13. The van der Waals surface area contributed by atoms with Gasteiger partial charge in [0.05, 0.1) is 0 Å². The van der Waals surface area contributed by atoms with Crippen molar-refractivity contribution in [2.75, 3.05) is 7.11 Å². The number of hydrogen-bond acceptors (Lipinski definition) is 1. The monoisotopic (exact) mass is 278 g/mol. The van der Waals surface area contributed by atoms with Crippen molar-refractivity contribution in [3.63, 3.8) is 0 Å². The van der Waals surface area contributed by atoms with Gasteiger partial charge in [-0.3, -0.25) is 0 Å². The van der Waals surface area contributed by atoms with Crippen molar-refractivity contribution in [1.29, 1.82) is 0 Å². The molecule has 0 amide bonds. The number of rotatable bonds is 0. The lowest BCUT2D eigenvalue weighted by Crippen LogP contribution is -2.39. The molecule has 3 fully saturated rings. The van der Waals surface area contributed by atoms with Crippen LogP contribution in [0.4, 0.5) is 0 Å². The normalized spacial score (nSPS) is 44.5. The minimum absolute atomic E-state index is 0.787. The minimum atomic E-state index is 0.787. The summed E-state index contributed by atoms with van der Waals surface area (Å²) >= 11 is 0. The second-order valence-corrected chi connectivity index (χ2v) is 7.58. The van der Waals surface area contributed by atoms with E-state index in [9.17, 15) is 0 Å². The van der Waals surface area contributed by atoms with Gasteiger partial charge in [0.2, 0.25) is 0 Å². The highest BCUT2D eigenvalue weighted by atomic mass is 16.2. The highest BCUT2D eigenvalue weighted by Gasteiger charge is 2.43. The molecule has 0 aromatic rings. The van der Waals surface area contributed by atoms with Gasteiger partial charge < -0.3 is 5.11 Å². The fourth-order valence-electron chi connectivity index (χ4n) is 5.41. The Morgan fingerprint density at radius 3 is 2.30 bits per heavy atom. The molecule has 0 radical (unpaired) electrons. The van der Waals surface area contributed by atoms with Crippen LogP contribution in [-0.4, -0.2) is 12.2 Å². The smallest absolute Gasteiger partial charge is 0.0319 e. The van der Waals surface area contributed by atoms with Crippen molar-refractivity contribution in [3.8, 4) is 0 Å². The van der Waals surface area contributed by atoms with E-state index in [1.165, 1.54) is 51.4 Å². The molecule has 3 rings (SSSR count). The fraction of sp³-hybridized carbons (Fsp3) is 0.895. The van der Waals surface area contributed by atoms with Crippen molar-refractivity contribution in [3.05, 3.63) is 12.2 Å². The summed E-state index contributed by atoms with van der Waals surface area (Å²) in [5.74, 6) is 5.98. The number of aliphatic hydroxyl groups is 1. The Morgan fingerprint density at radius 2 is 1.55 bits per heavy atom. The Bertz CT molecular complexity index is 322. The molecule has 3 saturated carbocycles. The van der Waals surface area contributed by atoms with Gasteiger partial charge in [-0.1, -0.05) is 38.8 Å². The summed E-state index contributed by atoms with van der Waals surface area (Å²) in [5, 5.41) is 7.00. The SMILES string of the molecule is C=C1CC2CCC3C(C)CCCC3C2CC[C@@H]1C.CO. The van der Waals surface area contributed by atoms with E-state index in [2.05, 4.69) is 20.4 Å². The molecule has 3 aliphatic rings. The number of aliphatic hydroxyl groups excluding tert-OH is 1. The predicted molar refractivity (Wildman–Crippen MR) is 86.5 cm³/mol. The van der Waals surface area contributed by atoms with E-state index in [0.29, 0.717) is 0 Å². The Balaban J connectivity index is 0.000000704. The summed E-state index contributed by atoms with van der Waals surface area (Å²) in [6.45, 7) is 9.29. The number of allylic oxidation sites excluding steroid dienone is 1. The van der Waals surface area contributed by atoms with Crippen molar-refractivity contribution >= 4 is 0 Å². The van der Waals surface area contributed by atoms with Gasteiger partial charge in [-0.05, 0) is 74.0 Å². The molecular weight excluding hydrogens is 244 g/mol. The van der Waals surface area contributed by atoms with Crippen LogP contribution in [0.25, 0.3) is 0 Å². The van der Waals surface area contributed by atoms with Gasteiger partial charge in [-0.2, -0.15) is 0 Å². The second-order valence-electron chi connectivity index (χ2n) is 7.58. The lowest BCUT2D eigenvalue weighted by Gasteiger charge is -2.48. The lowest BCUT2D eigenvalue weighted by atomic mass is 9.57. The van der Waals surface area contributed by atoms with Gasteiger partial charge in [0.1, 0.15) is 0 Å². The summed E-state index contributed by atoms with van der Waals surface area (Å²) in [5.41, 5.74) is 1.56. The Labute approximate surface area is 125 Å². The average Bonchev–Trinajstić information content (AvgIpc) is 2.61. The maximum absolute atomic E-state index is 7.00. The first-order chi connectivity index (χ1) is 9.66. The van der Waals surface area contributed by atoms with E-state index in [0.717, 1.165) is 42.6 Å². The largest absolute Gasteiger partial charge is 0.400 e. The zero-order valence-corrected chi connectivity index (χ0v) is 13.8. The summed E-state index contributed by atoms with van der Waals surface area (Å²) in [7, 11) is 1.00. The van der Waals surface area contributed by atoms with Crippen LogP contribution in [0.5, 0.6) is 0 Å². The van der Waals surface area contributed by atoms with E-state index in [-0.39, 0.29) is 0 Å². The van der Waals surface area contributed by atoms with Gasteiger partial charge in [0, 0.05) is 7.11 Å². The Morgan fingerprint density at radius 1 is 0.850 bits per heavy atom. The molecule has 1 nitrogen and oxygen atoms in total. The van der Waals surface area contributed by atoms with Crippen molar-refractivity contribution < 1.29 is 5.11 Å². The Hall–Kier alpha value is -0.300. The number of hydrogen-bond donors (Lipinski definition) is 1. The zero-order chi connectivity index (χ0) is 14.7. The third-order valence-corrected chi connectivity index (χ3v) is 6.66. The van der Waals surface area contributed by atoms with Gasteiger partial charge in [0.25, 0.3) is 0 Å². The van der Waals surface area contributed by atoms with Crippen molar-refractivity contribution in [2.45, 2.75) is 65.2 Å². The van der Waals surface area contributed by atoms with E-state index >= 15 is 0 Å². The maximum atomic E-state index is 7.00. The van der Waals surface area contributed by atoms with Crippen molar-refractivity contribution in [1.82, 2.24) is 0 Å². The standard InChI is InChI=1S/C18H30.CH4O/c1-12-7-9-17-15(11-14(12)3)8-10-16-13(2)5-4-6-18(16)17;1-2/h12-13,15-18H,3-11H2,1-2H3;2H,1H3/t12-,13?,15?,16?,17?,18?;/m0./s1. The molecule has 3 aliphatic carbocycles. The third-order valence-electron chi connectivity index (χ3n) is 6.66.